The van der Waals surface area contributed by atoms with E-state index in [2.05, 4.69) is 0 Å². The number of carbonyl (C=O) groups is 2. The zero-order valence-corrected chi connectivity index (χ0v) is 8.77. The van der Waals surface area contributed by atoms with Gasteiger partial charge in [-0.1, -0.05) is 0 Å². The predicted octanol–water partition coefficient (Wildman–Crippen LogP) is 1.13. The van der Waals surface area contributed by atoms with Crippen LogP contribution in [0.3, 0.4) is 0 Å². The summed E-state index contributed by atoms with van der Waals surface area (Å²) in [6.45, 7) is 0.322. The first-order valence-electron chi connectivity index (χ1n) is 4.86. The topological polar surface area (TPSA) is 66.8 Å². The number of aromatic carboxylic acids is 1. The van der Waals surface area contributed by atoms with Gasteiger partial charge >= 0.3 is 5.97 Å². The second-order valence-corrected chi connectivity index (χ2v) is 3.54. The Morgan fingerprint density at radius 3 is 2.94 bits per heavy atom. The van der Waals surface area contributed by atoms with Crippen LogP contribution in [0, 0.1) is 0 Å². The van der Waals surface area contributed by atoms with Crippen molar-refractivity contribution in [3.05, 3.63) is 23.8 Å². The Kier molecular flexibility index (Phi) is 2.52. The van der Waals surface area contributed by atoms with Crippen LogP contribution in [0.1, 0.15) is 16.8 Å². The zero-order chi connectivity index (χ0) is 11.7. The molecule has 1 aliphatic rings. The maximum atomic E-state index is 11.6. The molecular formula is C11H11NO4. The minimum atomic E-state index is -1.02. The van der Waals surface area contributed by atoms with Crippen molar-refractivity contribution in [1.29, 1.82) is 0 Å². The number of nitrogens with zero attached hydrogens (tertiary/aromatic N) is 1. The number of fused-ring (bicyclic) bond motifs is 1. The van der Waals surface area contributed by atoms with Crippen molar-refractivity contribution in [3.63, 3.8) is 0 Å². The second-order valence-electron chi connectivity index (χ2n) is 3.54. The maximum Gasteiger partial charge on any atom is 0.335 e. The number of anilines is 1. The molecule has 5 heteroatoms. The van der Waals surface area contributed by atoms with E-state index in [1.54, 1.807) is 13.1 Å². The van der Waals surface area contributed by atoms with E-state index in [1.807, 2.05) is 0 Å². The molecule has 2 rings (SSSR count). The predicted molar refractivity (Wildman–Crippen MR) is 56.9 cm³/mol. The number of carbonyl (C=O) groups excluding carboxylic acids is 1. The van der Waals surface area contributed by atoms with Crippen molar-refractivity contribution in [3.8, 4) is 5.75 Å². The quantitative estimate of drug-likeness (QED) is 0.771. The molecule has 0 saturated carbocycles. The SMILES string of the molecule is CN1C(=O)CCOc2ccc(C(=O)O)cc21. The van der Waals surface area contributed by atoms with Crippen LogP contribution in [0.2, 0.25) is 0 Å². The van der Waals surface area contributed by atoms with Gasteiger partial charge in [-0.15, -0.1) is 0 Å². The van der Waals surface area contributed by atoms with Crippen molar-refractivity contribution < 1.29 is 19.4 Å². The van der Waals surface area contributed by atoms with Crippen molar-refractivity contribution in [2.24, 2.45) is 0 Å². The Morgan fingerprint density at radius 2 is 2.25 bits per heavy atom. The number of amides is 1. The van der Waals surface area contributed by atoms with Gasteiger partial charge in [-0.05, 0) is 18.2 Å². The number of benzene rings is 1. The number of ether oxygens (including phenoxy) is 1. The van der Waals surface area contributed by atoms with E-state index in [9.17, 15) is 9.59 Å². The van der Waals surface area contributed by atoms with Crippen LogP contribution in [-0.2, 0) is 4.79 Å². The standard InChI is InChI=1S/C11H11NO4/c1-12-8-6-7(11(14)15)2-3-9(8)16-5-4-10(12)13/h2-3,6H,4-5H2,1H3,(H,14,15). The fourth-order valence-electron chi connectivity index (χ4n) is 1.58. The first-order valence-corrected chi connectivity index (χ1v) is 4.86. The molecular weight excluding hydrogens is 210 g/mol. The van der Waals surface area contributed by atoms with E-state index >= 15 is 0 Å². The maximum absolute atomic E-state index is 11.6. The molecule has 0 aliphatic carbocycles. The third-order valence-electron chi connectivity index (χ3n) is 2.51. The highest BCUT2D eigenvalue weighted by Gasteiger charge is 2.21. The largest absolute Gasteiger partial charge is 0.491 e. The van der Waals surface area contributed by atoms with Crippen molar-refractivity contribution in [2.45, 2.75) is 6.42 Å². The Balaban J connectivity index is 2.50. The Hall–Kier alpha value is -2.04. The highest BCUT2D eigenvalue weighted by Crippen LogP contribution is 2.31. The molecule has 84 valence electrons. The molecule has 1 aromatic rings. The van der Waals surface area contributed by atoms with E-state index in [1.165, 1.54) is 17.0 Å². The molecule has 0 bridgehead atoms. The minimum Gasteiger partial charge on any atom is -0.491 e. The van der Waals surface area contributed by atoms with Gasteiger partial charge in [0.2, 0.25) is 5.91 Å². The average molecular weight is 221 g/mol. The summed E-state index contributed by atoms with van der Waals surface area (Å²) in [5.74, 6) is -0.562. The molecule has 1 N–H and O–H groups in total. The van der Waals surface area contributed by atoms with E-state index in [-0.39, 0.29) is 11.5 Å². The zero-order valence-electron chi connectivity index (χ0n) is 8.77. The fourth-order valence-corrected chi connectivity index (χ4v) is 1.58. The molecule has 0 radical (unpaired) electrons. The molecule has 0 aromatic heterocycles. The molecule has 1 heterocycles. The number of carboxylic acids is 1. The van der Waals surface area contributed by atoms with Gasteiger partial charge < -0.3 is 14.7 Å². The first-order chi connectivity index (χ1) is 7.59. The van der Waals surface area contributed by atoms with Crippen LogP contribution < -0.4 is 9.64 Å². The van der Waals surface area contributed by atoms with Crippen molar-refractivity contribution in [2.75, 3.05) is 18.6 Å². The third kappa shape index (κ3) is 1.71. The van der Waals surface area contributed by atoms with Gasteiger partial charge in [0, 0.05) is 7.05 Å². The normalized spacial score (nSPS) is 15.1. The Bertz CT molecular complexity index is 455. The Morgan fingerprint density at radius 1 is 1.50 bits per heavy atom. The third-order valence-corrected chi connectivity index (χ3v) is 2.51. The molecule has 0 spiro atoms. The molecule has 0 atom stereocenters. The average Bonchev–Trinajstić information content (AvgIpc) is 2.40. The second kappa shape index (κ2) is 3.84. The smallest absolute Gasteiger partial charge is 0.335 e. The number of rotatable bonds is 1. The monoisotopic (exact) mass is 221 g/mol. The fraction of sp³-hybridized carbons (Fsp3) is 0.273. The lowest BCUT2D eigenvalue weighted by molar-refractivity contribution is -0.118. The lowest BCUT2D eigenvalue weighted by atomic mass is 10.1. The molecule has 0 unspecified atom stereocenters. The first kappa shape index (κ1) is 10.5. The van der Waals surface area contributed by atoms with Gasteiger partial charge in [0.15, 0.2) is 0 Å². The van der Waals surface area contributed by atoms with Crippen LogP contribution in [-0.4, -0.2) is 30.6 Å². The summed E-state index contributed by atoms with van der Waals surface area (Å²) < 4.78 is 5.37. The van der Waals surface area contributed by atoms with Gasteiger partial charge in [0.1, 0.15) is 5.75 Å². The summed E-state index contributed by atoms with van der Waals surface area (Å²) in [7, 11) is 1.61. The van der Waals surface area contributed by atoms with Crippen molar-refractivity contribution >= 4 is 17.6 Å². The lowest BCUT2D eigenvalue weighted by Crippen LogP contribution is -2.25. The van der Waals surface area contributed by atoms with Crippen molar-refractivity contribution in [1.82, 2.24) is 0 Å². The summed E-state index contributed by atoms with van der Waals surface area (Å²) in [4.78, 5) is 23.8. The highest BCUT2D eigenvalue weighted by atomic mass is 16.5. The molecule has 5 nitrogen and oxygen atoms in total. The van der Waals surface area contributed by atoms with Gasteiger partial charge in [0.05, 0.1) is 24.3 Å². The van der Waals surface area contributed by atoms with Gasteiger partial charge in [0.25, 0.3) is 0 Å². The lowest BCUT2D eigenvalue weighted by Gasteiger charge is -2.16. The molecule has 16 heavy (non-hydrogen) atoms. The molecule has 0 saturated heterocycles. The molecule has 1 aliphatic heterocycles. The summed E-state index contributed by atoms with van der Waals surface area (Å²) in [6, 6.07) is 4.49. The van der Waals surface area contributed by atoms with E-state index in [4.69, 9.17) is 9.84 Å². The van der Waals surface area contributed by atoms with E-state index in [0.717, 1.165) is 0 Å². The van der Waals surface area contributed by atoms with Crippen LogP contribution in [0.5, 0.6) is 5.75 Å². The number of carboxylic acid groups (broad SMARTS) is 1. The van der Waals surface area contributed by atoms with Gasteiger partial charge in [-0.2, -0.15) is 0 Å². The highest BCUT2D eigenvalue weighted by molar-refractivity contribution is 5.97. The van der Waals surface area contributed by atoms with Crippen LogP contribution in [0.4, 0.5) is 5.69 Å². The summed E-state index contributed by atoms with van der Waals surface area (Å²) in [6.07, 6.45) is 0.299. The number of hydrogen-bond donors (Lipinski definition) is 1. The Labute approximate surface area is 92.2 Å². The van der Waals surface area contributed by atoms with E-state index in [0.29, 0.717) is 24.5 Å². The van der Waals surface area contributed by atoms with Crippen LogP contribution in [0.15, 0.2) is 18.2 Å². The van der Waals surface area contributed by atoms with Crippen LogP contribution >= 0.6 is 0 Å². The van der Waals surface area contributed by atoms with Gasteiger partial charge in [-0.3, -0.25) is 4.79 Å². The van der Waals surface area contributed by atoms with E-state index < -0.39 is 5.97 Å². The van der Waals surface area contributed by atoms with Gasteiger partial charge in [-0.25, -0.2) is 4.79 Å². The molecule has 1 aromatic carbocycles. The molecule has 1 amide bonds. The summed E-state index contributed by atoms with van der Waals surface area (Å²) in [5, 5.41) is 8.86. The summed E-state index contributed by atoms with van der Waals surface area (Å²) >= 11 is 0. The van der Waals surface area contributed by atoms with Crippen LogP contribution in [0.25, 0.3) is 0 Å². The number of hydrogen-bond acceptors (Lipinski definition) is 3. The molecule has 0 fully saturated rings. The minimum absolute atomic E-state index is 0.0821. The summed E-state index contributed by atoms with van der Waals surface area (Å²) in [5.41, 5.74) is 0.645.